The molecule has 0 radical (unpaired) electrons. The number of fused-ring (bicyclic) bond motifs is 3. The Morgan fingerprint density at radius 3 is 2.69 bits per heavy atom. The second-order valence-corrected chi connectivity index (χ2v) is 9.31. The van der Waals surface area contributed by atoms with Gasteiger partial charge in [0, 0.05) is 25.6 Å². The lowest BCUT2D eigenvalue weighted by molar-refractivity contribution is 0.0926. The fourth-order valence-corrected chi connectivity index (χ4v) is 5.04. The maximum atomic E-state index is 13.3. The number of rotatable bonds is 4. The van der Waals surface area contributed by atoms with Gasteiger partial charge in [-0.15, -0.1) is 0 Å². The number of pyridine rings is 1. The van der Waals surface area contributed by atoms with E-state index in [9.17, 15) is 9.18 Å². The Kier molecular flexibility index (Phi) is 4.12. The molecule has 1 amide bonds. The van der Waals surface area contributed by atoms with Crippen LogP contribution < -0.4 is 10.2 Å². The third-order valence-electron chi connectivity index (χ3n) is 7.13. The van der Waals surface area contributed by atoms with Crippen molar-refractivity contribution in [3.63, 3.8) is 0 Å². The number of halogens is 1. The molecule has 2 saturated carbocycles. The van der Waals surface area contributed by atoms with Crippen molar-refractivity contribution in [2.75, 3.05) is 11.4 Å². The molecule has 2 fully saturated rings. The highest BCUT2D eigenvalue weighted by Crippen LogP contribution is 2.57. The SMILES string of the molecule is Cc1nccc(N2C[C@H]3CC3c3nc([C@]4(NC(=O)c5ccc(F)cc5)C[C@H]4C)ccc32)n1.[HH]. The average molecular weight is 432 g/mol. The number of amides is 1. The summed E-state index contributed by atoms with van der Waals surface area (Å²) in [4.78, 5) is 29.1. The molecular formula is C25H26FN5O. The standard InChI is InChI=1S/C25H24FN5O.H2/c1-14-12-25(14,30-24(32)16-3-5-18(26)6-4-16)21-8-7-20-23(29-21)19-11-17(19)13-31(20)22-9-10-27-15(2)28-22;/h3-10,14,17,19H,11-13H2,1-2H3,(H,30,32);1H/t14-,17-,19?,25+;/m1./s1. The zero-order chi connectivity index (χ0) is 22.0. The van der Waals surface area contributed by atoms with E-state index in [1.54, 1.807) is 6.20 Å². The lowest BCUT2D eigenvalue weighted by Crippen LogP contribution is -2.37. The van der Waals surface area contributed by atoms with E-state index in [1.807, 2.05) is 19.1 Å². The third-order valence-corrected chi connectivity index (χ3v) is 7.13. The maximum absolute atomic E-state index is 13.3. The van der Waals surface area contributed by atoms with Gasteiger partial charge in [0.2, 0.25) is 0 Å². The van der Waals surface area contributed by atoms with Gasteiger partial charge in [-0.3, -0.25) is 9.78 Å². The zero-order valence-corrected chi connectivity index (χ0v) is 18.0. The van der Waals surface area contributed by atoms with Gasteiger partial charge in [-0.05, 0) is 74.1 Å². The Labute approximate surface area is 187 Å². The van der Waals surface area contributed by atoms with Crippen molar-refractivity contribution < 1.29 is 10.6 Å². The van der Waals surface area contributed by atoms with E-state index in [2.05, 4.69) is 33.2 Å². The predicted octanol–water partition coefficient (Wildman–Crippen LogP) is 4.49. The van der Waals surface area contributed by atoms with Crippen molar-refractivity contribution in [3.05, 3.63) is 77.3 Å². The van der Waals surface area contributed by atoms with Gasteiger partial charge < -0.3 is 10.2 Å². The van der Waals surface area contributed by atoms with Gasteiger partial charge in [0.25, 0.3) is 5.91 Å². The molecule has 1 aliphatic heterocycles. The predicted molar refractivity (Wildman–Crippen MR) is 120 cm³/mol. The number of hydrogen-bond donors (Lipinski definition) is 1. The number of carbonyl (C=O) groups excluding carboxylic acids is 1. The molecule has 6 rings (SSSR count). The van der Waals surface area contributed by atoms with Crippen LogP contribution in [0.1, 0.15) is 54.7 Å². The molecular weight excluding hydrogens is 405 g/mol. The molecule has 2 aliphatic carbocycles. The summed E-state index contributed by atoms with van der Waals surface area (Å²) in [5.74, 6) is 2.45. The first-order chi connectivity index (χ1) is 15.4. The Morgan fingerprint density at radius 1 is 1.19 bits per heavy atom. The van der Waals surface area contributed by atoms with Crippen molar-refractivity contribution >= 4 is 17.4 Å². The summed E-state index contributed by atoms with van der Waals surface area (Å²) in [6.07, 6.45) is 3.77. The van der Waals surface area contributed by atoms with Gasteiger partial charge in [0.15, 0.2) is 0 Å². The molecule has 1 aromatic carbocycles. The van der Waals surface area contributed by atoms with Crippen LogP contribution in [0.4, 0.5) is 15.9 Å². The number of nitrogens with zero attached hydrogens (tertiary/aromatic N) is 4. The van der Waals surface area contributed by atoms with E-state index < -0.39 is 5.54 Å². The van der Waals surface area contributed by atoms with E-state index in [0.29, 0.717) is 17.4 Å². The second kappa shape index (κ2) is 6.82. The smallest absolute Gasteiger partial charge is 0.252 e. The van der Waals surface area contributed by atoms with Crippen LogP contribution in [0.3, 0.4) is 0 Å². The summed E-state index contributed by atoms with van der Waals surface area (Å²) in [5, 5.41) is 3.20. The monoisotopic (exact) mass is 431 g/mol. The Balaban J connectivity index is 0.00000228. The summed E-state index contributed by atoms with van der Waals surface area (Å²) in [6.45, 7) is 4.97. The molecule has 6 nitrogen and oxygen atoms in total. The van der Waals surface area contributed by atoms with Gasteiger partial charge >= 0.3 is 0 Å². The summed E-state index contributed by atoms with van der Waals surface area (Å²) < 4.78 is 13.3. The average Bonchev–Trinajstić information content (AvgIpc) is 3.70. The summed E-state index contributed by atoms with van der Waals surface area (Å²) in [5.41, 5.74) is 3.09. The Hall–Kier alpha value is -3.35. The van der Waals surface area contributed by atoms with Crippen molar-refractivity contribution in [3.8, 4) is 0 Å². The molecule has 3 aromatic rings. The van der Waals surface area contributed by atoms with Crippen LogP contribution in [-0.2, 0) is 5.54 Å². The Morgan fingerprint density at radius 2 is 1.97 bits per heavy atom. The molecule has 4 atom stereocenters. The highest BCUT2D eigenvalue weighted by atomic mass is 19.1. The Bertz CT molecular complexity index is 1240. The first-order valence-electron chi connectivity index (χ1n) is 11.1. The molecule has 1 N–H and O–H groups in total. The van der Waals surface area contributed by atoms with E-state index in [-0.39, 0.29) is 19.1 Å². The highest BCUT2D eigenvalue weighted by Gasteiger charge is 2.56. The van der Waals surface area contributed by atoms with Crippen LogP contribution in [-0.4, -0.2) is 27.4 Å². The fraction of sp³-hybridized carbons (Fsp3) is 0.360. The van der Waals surface area contributed by atoms with E-state index in [4.69, 9.17) is 4.98 Å². The minimum absolute atomic E-state index is 0. The lowest BCUT2D eigenvalue weighted by atomic mass is 10.0. The molecule has 164 valence electrons. The van der Waals surface area contributed by atoms with Crippen LogP contribution in [0.5, 0.6) is 0 Å². The van der Waals surface area contributed by atoms with E-state index in [0.717, 1.165) is 48.1 Å². The van der Waals surface area contributed by atoms with Crippen LogP contribution in [0, 0.1) is 24.6 Å². The third kappa shape index (κ3) is 3.06. The van der Waals surface area contributed by atoms with Crippen LogP contribution >= 0.6 is 0 Å². The molecule has 0 saturated heterocycles. The summed E-state index contributed by atoms with van der Waals surface area (Å²) in [6, 6.07) is 11.8. The molecule has 0 spiro atoms. The van der Waals surface area contributed by atoms with Gasteiger partial charge in [0.05, 0.1) is 22.6 Å². The zero-order valence-electron chi connectivity index (χ0n) is 18.0. The van der Waals surface area contributed by atoms with Crippen molar-refractivity contribution in [2.24, 2.45) is 11.8 Å². The van der Waals surface area contributed by atoms with Crippen LogP contribution in [0.2, 0.25) is 0 Å². The minimum Gasteiger partial charge on any atom is -0.341 e. The van der Waals surface area contributed by atoms with Crippen molar-refractivity contribution in [1.29, 1.82) is 0 Å². The lowest BCUT2D eigenvalue weighted by Gasteiger charge is -2.30. The maximum Gasteiger partial charge on any atom is 0.252 e. The van der Waals surface area contributed by atoms with Gasteiger partial charge in [0.1, 0.15) is 17.5 Å². The number of anilines is 2. The molecule has 32 heavy (non-hydrogen) atoms. The molecule has 3 aliphatic rings. The summed E-state index contributed by atoms with van der Waals surface area (Å²) in [7, 11) is 0. The summed E-state index contributed by atoms with van der Waals surface area (Å²) >= 11 is 0. The number of aryl methyl sites for hydroxylation is 1. The quantitative estimate of drug-likeness (QED) is 0.659. The largest absolute Gasteiger partial charge is 0.341 e. The molecule has 1 unspecified atom stereocenters. The first-order valence-corrected chi connectivity index (χ1v) is 11.1. The number of nitrogens with one attached hydrogen (secondary N) is 1. The number of benzene rings is 1. The normalized spacial score (nSPS) is 27.3. The number of hydrogen-bond acceptors (Lipinski definition) is 5. The van der Waals surface area contributed by atoms with E-state index >= 15 is 0 Å². The highest BCUT2D eigenvalue weighted by molar-refractivity contribution is 5.95. The molecule has 0 bridgehead atoms. The van der Waals surface area contributed by atoms with Crippen LogP contribution in [0.25, 0.3) is 0 Å². The van der Waals surface area contributed by atoms with Crippen molar-refractivity contribution in [2.45, 2.75) is 38.1 Å². The second-order valence-electron chi connectivity index (χ2n) is 9.31. The fourth-order valence-electron chi connectivity index (χ4n) is 5.04. The van der Waals surface area contributed by atoms with E-state index in [1.165, 1.54) is 24.3 Å². The molecule has 2 aromatic heterocycles. The number of carbonyl (C=O) groups is 1. The van der Waals surface area contributed by atoms with Gasteiger partial charge in [-0.1, -0.05) is 6.92 Å². The van der Waals surface area contributed by atoms with Gasteiger partial charge in [-0.2, -0.15) is 0 Å². The molecule has 7 heteroatoms. The van der Waals surface area contributed by atoms with Crippen molar-refractivity contribution in [1.82, 2.24) is 20.3 Å². The van der Waals surface area contributed by atoms with Crippen LogP contribution in [0.15, 0.2) is 48.7 Å². The first kappa shape index (κ1) is 19.3. The molecule has 3 heterocycles. The number of aromatic nitrogens is 3. The minimum atomic E-state index is -0.474. The topological polar surface area (TPSA) is 71.0 Å². The van der Waals surface area contributed by atoms with Gasteiger partial charge in [-0.25, -0.2) is 14.4 Å².